The fourth-order valence-electron chi connectivity index (χ4n) is 3.09. The maximum atomic E-state index is 12.6. The predicted molar refractivity (Wildman–Crippen MR) is 105 cm³/mol. The number of hydrogen-bond acceptors (Lipinski definition) is 5. The summed E-state index contributed by atoms with van der Waals surface area (Å²) in [6.07, 6.45) is 1.43. The van der Waals surface area contributed by atoms with Crippen LogP contribution in [0, 0.1) is 0 Å². The van der Waals surface area contributed by atoms with Gasteiger partial charge in [0, 0.05) is 16.9 Å². The van der Waals surface area contributed by atoms with Crippen molar-refractivity contribution in [2.24, 2.45) is 0 Å². The van der Waals surface area contributed by atoms with Crippen LogP contribution in [0.1, 0.15) is 46.0 Å². The van der Waals surface area contributed by atoms with Crippen LogP contribution >= 0.6 is 0 Å². The quantitative estimate of drug-likeness (QED) is 0.521. The molecule has 3 rings (SSSR count). The number of aromatic carboxylic acids is 1. The summed E-state index contributed by atoms with van der Waals surface area (Å²) in [5, 5.41) is 15.1. The van der Waals surface area contributed by atoms with E-state index >= 15 is 0 Å². The molecule has 144 valence electrons. The Morgan fingerprint density at radius 3 is 2.39 bits per heavy atom. The molecule has 0 fully saturated rings. The van der Waals surface area contributed by atoms with Crippen LogP contribution in [-0.4, -0.2) is 30.1 Å². The Hall–Kier alpha value is -3.61. The lowest BCUT2D eigenvalue weighted by Crippen LogP contribution is -2.10. The van der Waals surface area contributed by atoms with Crippen molar-refractivity contribution in [3.05, 3.63) is 64.9 Å². The van der Waals surface area contributed by atoms with E-state index in [1.807, 2.05) is 6.92 Å². The molecular weight excluding hydrogens is 360 g/mol. The molecule has 0 saturated carbocycles. The van der Waals surface area contributed by atoms with Gasteiger partial charge < -0.3 is 20.5 Å². The number of esters is 1. The predicted octanol–water partition coefficient (Wildman–Crippen LogP) is 3.75. The first kappa shape index (κ1) is 19.2. The maximum Gasteiger partial charge on any atom is 0.337 e. The molecule has 0 radical (unpaired) electrons. The molecule has 7 nitrogen and oxygen atoms in total. The molecular formula is C21H20N2O5. The summed E-state index contributed by atoms with van der Waals surface area (Å²) in [6.45, 7) is 2.00. The van der Waals surface area contributed by atoms with E-state index in [2.05, 4.69) is 10.6 Å². The summed E-state index contributed by atoms with van der Waals surface area (Å²) >= 11 is 0. The highest BCUT2D eigenvalue weighted by Crippen LogP contribution is 2.36. The molecule has 0 aliphatic carbocycles. The van der Waals surface area contributed by atoms with E-state index in [-0.39, 0.29) is 11.5 Å². The molecule has 1 aliphatic rings. The second-order valence-corrected chi connectivity index (χ2v) is 6.32. The lowest BCUT2D eigenvalue weighted by molar-refractivity contribution is -0.110. The monoisotopic (exact) mass is 380 g/mol. The third-order valence-corrected chi connectivity index (χ3v) is 4.41. The first-order valence-electron chi connectivity index (χ1n) is 8.82. The van der Waals surface area contributed by atoms with E-state index < -0.39 is 11.9 Å². The van der Waals surface area contributed by atoms with Gasteiger partial charge in [-0.25, -0.2) is 9.59 Å². The average Bonchev–Trinajstić information content (AvgIpc) is 3.02. The van der Waals surface area contributed by atoms with Crippen LogP contribution in [0.4, 0.5) is 11.4 Å². The second-order valence-electron chi connectivity index (χ2n) is 6.32. The molecule has 0 unspecified atom stereocenters. The fourth-order valence-corrected chi connectivity index (χ4v) is 3.09. The lowest BCUT2D eigenvalue weighted by atomic mass is 10.0. The number of carboxylic acid groups (broad SMARTS) is 1. The second kappa shape index (κ2) is 7.96. The molecule has 7 heteroatoms. The van der Waals surface area contributed by atoms with Gasteiger partial charge in [-0.05, 0) is 42.8 Å². The molecule has 1 amide bonds. The van der Waals surface area contributed by atoms with Crippen LogP contribution in [0.25, 0.3) is 5.57 Å². The molecule has 2 aromatic rings. The first-order chi connectivity index (χ1) is 13.4. The number of carbonyl (C=O) groups excluding carboxylic acids is 2. The highest BCUT2D eigenvalue weighted by atomic mass is 16.5. The number of hydrogen-bond donors (Lipinski definition) is 3. The molecule has 1 aliphatic heterocycles. The molecule has 0 atom stereocenters. The van der Waals surface area contributed by atoms with E-state index in [0.717, 1.165) is 12.1 Å². The number of anilines is 2. The van der Waals surface area contributed by atoms with Crippen molar-refractivity contribution in [2.75, 3.05) is 17.7 Å². The summed E-state index contributed by atoms with van der Waals surface area (Å²) < 4.78 is 4.72. The Balaban J connectivity index is 1.99. The van der Waals surface area contributed by atoms with Crippen molar-refractivity contribution >= 4 is 34.8 Å². The maximum absolute atomic E-state index is 12.6. The number of amides is 1. The van der Waals surface area contributed by atoms with Gasteiger partial charge in [-0.2, -0.15) is 0 Å². The fraction of sp³-hybridized carbons (Fsp3) is 0.190. The van der Waals surface area contributed by atoms with Crippen LogP contribution < -0.4 is 10.6 Å². The van der Waals surface area contributed by atoms with Crippen molar-refractivity contribution in [1.82, 2.24) is 0 Å². The van der Waals surface area contributed by atoms with E-state index in [4.69, 9.17) is 9.84 Å². The van der Waals surface area contributed by atoms with Crippen LogP contribution in [0.15, 0.2) is 48.2 Å². The van der Waals surface area contributed by atoms with Crippen LogP contribution in [0.5, 0.6) is 0 Å². The van der Waals surface area contributed by atoms with Crippen molar-refractivity contribution in [1.29, 1.82) is 0 Å². The van der Waals surface area contributed by atoms with Crippen molar-refractivity contribution in [3.63, 3.8) is 0 Å². The minimum Gasteiger partial charge on any atom is -0.478 e. The minimum atomic E-state index is -0.996. The number of benzene rings is 2. The molecule has 0 aromatic heterocycles. The molecule has 28 heavy (non-hydrogen) atoms. The first-order valence-corrected chi connectivity index (χ1v) is 8.82. The number of nitrogens with one attached hydrogen (secondary N) is 2. The molecule has 0 bridgehead atoms. The number of carbonyl (C=O) groups is 3. The smallest absolute Gasteiger partial charge is 0.337 e. The van der Waals surface area contributed by atoms with Gasteiger partial charge in [0.15, 0.2) is 0 Å². The largest absolute Gasteiger partial charge is 0.478 e. The number of allylic oxidation sites excluding steroid dienone is 1. The lowest BCUT2D eigenvalue weighted by Gasteiger charge is -2.14. The Bertz CT molecular complexity index is 977. The van der Waals surface area contributed by atoms with Crippen LogP contribution in [-0.2, 0) is 9.53 Å². The molecule has 1 heterocycles. The molecule has 3 N–H and O–H groups in total. The highest BCUT2D eigenvalue weighted by Gasteiger charge is 2.28. The SMILES string of the molecule is CCC/C(Nc1ccc(C(=O)O)cc1)=C1/C(=O)Nc2cc(C(=O)OC)ccc21. The van der Waals surface area contributed by atoms with E-state index in [0.29, 0.717) is 34.5 Å². The van der Waals surface area contributed by atoms with E-state index in [1.165, 1.54) is 19.2 Å². The number of ether oxygens (including phenoxy) is 1. The number of fused-ring (bicyclic) bond motifs is 1. The summed E-state index contributed by atoms with van der Waals surface area (Å²) in [5.74, 6) is -1.72. The van der Waals surface area contributed by atoms with Gasteiger partial charge in [0.05, 0.1) is 29.5 Å². The van der Waals surface area contributed by atoms with E-state index in [9.17, 15) is 14.4 Å². The molecule has 0 spiro atoms. The Morgan fingerprint density at radius 1 is 1.11 bits per heavy atom. The van der Waals surface area contributed by atoms with Gasteiger partial charge >= 0.3 is 11.9 Å². The third-order valence-electron chi connectivity index (χ3n) is 4.41. The zero-order valence-corrected chi connectivity index (χ0v) is 15.5. The normalized spacial score (nSPS) is 14.1. The van der Waals surface area contributed by atoms with E-state index in [1.54, 1.807) is 30.3 Å². The van der Waals surface area contributed by atoms with Crippen molar-refractivity contribution < 1.29 is 24.2 Å². The zero-order chi connectivity index (χ0) is 20.3. The van der Waals surface area contributed by atoms with Crippen molar-refractivity contribution in [2.45, 2.75) is 19.8 Å². The van der Waals surface area contributed by atoms with Gasteiger partial charge in [-0.15, -0.1) is 0 Å². The van der Waals surface area contributed by atoms with Gasteiger partial charge in [-0.1, -0.05) is 19.4 Å². The average molecular weight is 380 g/mol. The Kier molecular flexibility index (Phi) is 5.44. The van der Waals surface area contributed by atoms with Crippen LogP contribution in [0.2, 0.25) is 0 Å². The van der Waals surface area contributed by atoms with Crippen LogP contribution in [0.3, 0.4) is 0 Å². The van der Waals surface area contributed by atoms with Crippen molar-refractivity contribution in [3.8, 4) is 0 Å². The van der Waals surface area contributed by atoms with Gasteiger partial charge in [0.25, 0.3) is 5.91 Å². The molecule has 0 saturated heterocycles. The van der Waals surface area contributed by atoms with Gasteiger partial charge in [0.1, 0.15) is 0 Å². The Morgan fingerprint density at radius 2 is 1.79 bits per heavy atom. The Labute approximate surface area is 162 Å². The summed E-state index contributed by atoms with van der Waals surface area (Å²) in [5.41, 5.74) is 3.73. The standard InChI is InChI=1S/C21H20N2O5/c1-3-4-16(22-14-8-5-12(6-9-14)20(25)26)18-15-10-7-13(21(27)28-2)11-17(15)23-19(18)24/h5-11,22H,3-4H2,1-2H3,(H,23,24)(H,25,26)/b18-16-. The summed E-state index contributed by atoms with van der Waals surface area (Å²) in [4.78, 5) is 35.4. The molecule has 2 aromatic carbocycles. The van der Waals surface area contributed by atoms with Gasteiger partial charge in [0.2, 0.25) is 0 Å². The number of rotatable bonds is 6. The third kappa shape index (κ3) is 3.73. The van der Waals surface area contributed by atoms with Gasteiger partial charge in [-0.3, -0.25) is 4.79 Å². The number of methoxy groups -OCH3 is 1. The topological polar surface area (TPSA) is 105 Å². The summed E-state index contributed by atoms with van der Waals surface area (Å²) in [7, 11) is 1.30. The zero-order valence-electron chi connectivity index (χ0n) is 15.5. The number of carboxylic acids is 1. The minimum absolute atomic E-state index is 0.189. The highest BCUT2D eigenvalue weighted by molar-refractivity contribution is 6.32. The summed E-state index contributed by atoms with van der Waals surface area (Å²) in [6, 6.07) is 11.3.